The van der Waals surface area contributed by atoms with Crippen LogP contribution in [-0.4, -0.2) is 31.1 Å². The zero-order valence-electron chi connectivity index (χ0n) is 14.3. The van der Waals surface area contributed by atoms with Gasteiger partial charge in [0.15, 0.2) is 0 Å². The van der Waals surface area contributed by atoms with E-state index in [1.807, 2.05) is 11.8 Å². The van der Waals surface area contributed by atoms with Gasteiger partial charge in [0, 0.05) is 17.2 Å². The van der Waals surface area contributed by atoms with Gasteiger partial charge in [-0.15, -0.1) is 11.8 Å². The first-order valence-corrected chi connectivity index (χ1v) is 9.93. The van der Waals surface area contributed by atoms with Crippen molar-refractivity contribution in [3.63, 3.8) is 0 Å². The van der Waals surface area contributed by atoms with Gasteiger partial charge in [0.1, 0.15) is 6.10 Å². The lowest BCUT2D eigenvalue weighted by atomic mass is 9.97. The molecule has 0 saturated carbocycles. The fourth-order valence-electron chi connectivity index (χ4n) is 3.76. The Bertz CT molecular complexity index is 654. The topological polar surface area (TPSA) is 12.5 Å². The number of rotatable bonds is 2. The summed E-state index contributed by atoms with van der Waals surface area (Å²) in [4.78, 5) is 3.79. The van der Waals surface area contributed by atoms with Crippen molar-refractivity contribution < 1.29 is 4.74 Å². The molecular formula is C21H25NOS. The standard InChI is InChI=1S/C21H25NOS/c1-22-13-6-8-17(12-14-22)23-21-18-9-3-2-7-16(18)15-24-20-11-5-4-10-19(20)21/h2-5,7,9-11,17,21H,6,8,12-15H2,1H3/t17-,21+/m1/s1. The van der Waals surface area contributed by atoms with Crippen molar-refractivity contribution in [3.05, 3.63) is 65.2 Å². The average Bonchev–Trinajstić information content (AvgIpc) is 2.91. The van der Waals surface area contributed by atoms with E-state index in [-0.39, 0.29) is 6.10 Å². The summed E-state index contributed by atoms with van der Waals surface area (Å²) in [5, 5.41) is 0. The molecule has 2 aliphatic rings. The minimum absolute atomic E-state index is 0.0702. The Hall–Kier alpha value is -1.29. The van der Waals surface area contributed by atoms with Gasteiger partial charge in [-0.3, -0.25) is 0 Å². The summed E-state index contributed by atoms with van der Waals surface area (Å²) in [5.41, 5.74) is 4.10. The molecule has 2 aromatic carbocycles. The molecule has 0 unspecified atom stereocenters. The van der Waals surface area contributed by atoms with Crippen molar-refractivity contribution in [2.45, 2.75) is 42.1 Å². The maximum Gasteiger partial charge on any atom is 0.109 e. The highest BCUT2D eigenvalue weighted by Crippen LogP contribution is 2.42. The molecule has 24 heavy (non-hydrogen) atoms. The van der Waals surface area contributed by atoms with Crippen molar-refractivity contribution in [3.8, 4) is 0 Å². The van der Waals surface area contributed by atoms with Gasteiger partial charge >= 0.3 is 0 Å². The van der Waals surface area contributed by atoms with Crippen LogP contribution in [0, 0.1) is 0 Å². The van der Waals surface area contributed by atoms with Gasteiger partial charge in [-0.25, -0.2) is 0 Å². The number of hydrogen-bond donors (Lipinski definition) is 0. The highest BCUT2D eigenvalue weighted by Gasteiger charge is 2.27. The summed E-state index contributed by atoms with van der Waals surface area (Å²) in [6.45, 7) is 2.32. The Kier molecular flexibility index (Phi) is 4.93. The van der Waals surface area contributed by atoms with Gasteiger partial charge in [-0.2, -0.15) is 0 Å². The molecule has 3 heteroatoms. The van der Waals surface area contributed by atoms with Crippen LogP contribution in [0.4, 0.5) is 0 Å². The molecule has 0 bridgehead atoms. The molecule has 2 nitrogen and oxygen atoms in total. The van der Waals surface area contributed by atoms with Crippen LogP contribution in [0.25, 0.3) is 0 Å². The van der Waals surface area contributed by atoms with Crippen LogP contribution in [-0.2, 0) is 10.5 Å². The second-order valence-electron chi connectivity index (χ2n) is 6.90. The van der Waals surface area contributed by atoms with Gasteiger partial charge in [0.25, 0.3) is 0 Å². The first-order chi connectivity index (χ1) is 11.8. The Morgan fingerprint density at radius 1 is 0.958 bits per heavy atom. The highest BCUT2D eigenvalue weighted by molar-refractivity contribution is 7.98. The number of hydrogen-bond acceptors (Lipinski definition) is 3. The zero-order chi connectivity index (χ0) is 16.4. The second kappa shape index (κ2) is 7.30. The number of likely N-dealkylation sites (tertiary alicyclic amines) is 1. The maximum atomic E-state index is 6.75. The third-order valence-electron chi connectivity index (χ3n) is 5.15. The van der Waals surface area contributed by atoms with Crippen molar-refractivity contribution in [1.82, 2.24) is 4.90 Å². The fraction of sp³-hybridized carbons (Fsp3) is 0.429. The Labute approximate surface area is 149 Å². The smallest absolute Gasteiger partial charge is 0.109 e. The molecule has 126 valence electrons. The summed E-state index contributed by atoms with van der Waals surface area (Å²) >= 11 is 1.93. The molecule has 2 aliphatic heterocycles. The minimum atomic E-state index is 0.0702. The molecular weight excluding hydrogens is 314 g/mol. The third-order valence-corrected chi connectivity index (χ3v) is 6.29. The molecule has 0 aromatic heterocycles. The largest absolute Gasteiger partial charge is 0.365 e. The molecule has 1 fully saturated rings. The van der Waals surface area contributed by atoms with Gasteiger partial charge in [-0.1, -0.05) is 42.5 Å². The quantitative estimate of drug-likeness (QED) is 0.773. The number of benzene rings is 2. The lowest BCUT2D eigenvalue weighted by Gasteiger charge is -2.26. The van der Waals surface area contributed by atoms with E-state index in [9.17, 15) is 0 Å². The highest BCUT2D eigenvalue weighted by atomic mass is 32.2. The Morgan fingerprint density at radius 3 is 2.67 bits per heavy atom. The summed E-state index contributed by atoms with van der Waals surface area (Å²) in [7, 11) is 2.22. The maximum absolute atomic E-state index is 6.75. The minimum Gasteiger partial charge on any atom is -0.365 e. The number of nitrogens with zero attached hydrogens (tertiary/aromatic N) is 1. The van der Waals surface area contributed by atoms with Crippen LogP contribution >= 0.6 is 11.8 Å². The van der Waals surface area contributed by atoms with Crippen molar-refractivity contribution in [1.29, 1.82) is 0 Å². The summed E-state index contributed by atoms with van der Waals surface area (Å²) in [5.74, 6) is 1.03. The van der Waals surface area contributed by atoms with Crippen LogP contribution in [0.3, 0.4) is 0 Å². The van der Waals surface area contributed by atoms with Crippen molar-refractivity contribution in [2.75, 3.05) is 20.1 Å². The molecule has 1 saturated heterocycles. The van der Waals surface area contributed by atoms with Gasteiger partial charge in [-0.05, 0) is 55.6 Å². The van der Waals surface area contributed by atoms with E-state index in [1.165, 1.54) is 34.6 Å². The predicted molar refractivity (Wildman–Crippen MR) is 101 cm³/mol. The summed E-state index contributed by atoms with van der Waals surface area (Å²) < 4.78 is 6.75. The van der Waals surface area contributed by atoms with E-state index < -0.39 is 0 Å². The fourth-order valence-corrected chi connectivity index (χ4v) is 4.85. The molecule has 2 atom stereocenters. The van der Waals surface area contributed by atoms with E-state index in [0.717, 1.165) is 25.1 Å². The lowest BCUT2D eigenvalue weighted by molar-refractivity contribution is -0.000571. The number of ether oxygens (including phenoxy) is 1. The van der Waals surface area contributed by atoms with E-state index >= 15 is 0 Å². The third kappa shape index (κ3) is 3.39. The van der Waals surface area contributed by atoms with Crippen LogP contribution < -0.4 is 0 Å². The molecule has 0 spiro atoms. The Morgan fingerprint density at radius 2 is 1.75 bits per heavy atom. The molecule has 2 heterocycles. The van der Waals surface area contributed by atoms with Crippen LogP contribution in [0.2, 0.25) is 0 Å². The molecule has 0 aliphatic carbocycles. The lowest BCUT2D eigenvalue weighted by Crippen LogP contribution is -2.22. The number of fused-ring (bicyclic) bond motifs is 2. The van der Waals surface area contributed by atoms with E-state index in [0.29, 0.717) is 6.10 Å². The summed E-state index contributed by atoms with van der Waals surface area (Å²) in [6, 6.07) is 17.6. The Balaban J connectivity index is 1.67. The van der Waals surface area contributed by atoms with Crippen LogP contribution in [0.15, 0.2) is 53.4 Å². The van der Waals surface area contributed by atoms with Crippen LogP contribution in [0.1, 0.15) is 42.1 Å². The van der Waals surface area contributed by atoms with Gasteiger partial charge in [0.05, 0.1) is 6.10 Å². The average molecular weight is 340 g/mol. The summed E-state index contributed by atoms with van der Waals surface area (Å²) in [6.07, 6.45) is 3.94. The van der Waals surface area contributed by atoms with Crippen molar-refractivity contribution >= 4 is 11.8 Å². The number of thioether (sulfide) groups is 1. The van der Waals surface area contributed by atoms with Gasteiger partial charge < -0.3 is 9.64 Å². The monoisotopic (exact) mass is 339 g/mol. The molecule has 4 rings (SSSR count). The normalized spacial score (nSPS) is 24.5. The molecule has 2 aromatic rings. The van der Waals surface area contributed by atoms with E-state index in [1.54, 1.807) is 0 Å². The predicted octanol–water partition coefficient (Wildman–Crippen LogP) is 4.88. The van der Waals surface area contributed by atoms with Gasteiger partial charge in [0.2, 0.25) is 0 Å². The molecule has 0 N–H and O–H groups in total. The first kappa shape index (κ1) is 16.2. The van der Waals surface area contributed by atoms with E-state index in [4.69, 9.17) is 4.74 Å². The van der Waals surface area contributed by atoms with Crippen LogP contribution in [0.5, 0.6) is 0 Å². The molecule has 0 amide bonds. The van der Waals surface area contributed by atoms with E-state index in [2.05, 4.69) is 60.5 Å². The first-order valence-electron chi connectivity index (χ1n) is 8.95. The van der Waals surface area contributed by atoms with Crippen molar-refractivity contribution in [2.24, 2.45) is 0 Å². The SMILES string of the molecule is CN1CCC[C@@H](O[C@H]2c3ccccc3CSc3ccccc32)CC1. The molecule has 0 radical (unpaired) electrons. The second-order valence-corrected chi connectivity index (χ2v) is 7.91. The zero-order valence-corrected chi connectivity index (χ0v) is 15.1.